The number of piperidine rings is 1. The number of ketones is 1. The second-order valence-corrected chi connectivity index (χ2v) is 18.9. The van der Waals surface area contributed by atoms with Gasteiger partial charge in [0, 0.05) is 43.4 Å². The summed E-state index contributed by atoms with van der Waals surface area (Å²) in [5.74, 6) is 3.73. The predicted molar refractivity (Wildman–Crippen MR) is 177 cm³/mol. The summed E-state index contributed by atoms with van der Waals surface area (Å²) >= 11 is 0. The van der Waals surface area contributed by atoms with Gasteiger partial charge >= 0.3 is 0 Å². The number of sulfonamides is 1. The Morgan fingerprint density at radius 1 is 1.04 bits per heavy atom. The Labute approximate surface area is 271 Å². The zero-order valence-corrected chi connectivity index (χ0v) is 28.7. The van der Waals surface area contributed by atoms with Crippen molar-refractivity contribution >= 4 is 15.8 Å². The van der Waals surface area contributed by atoms with Crippen LogP contribution in [0.3, 0.4) is 0 Å². The van der Waals surface area contributed by atoms with Crippen LogP contribution >= 0.6 is 0 Å². The summed E-state index contributed by atoms with van der Waals surface area (Å²) < 4.78 is 36.2. The summed E-state index contributed by atoms with van der Waals surface area (Å²) in [6.07, 6.45) is 13.1. The topological polar surface area (TPSA) is 75.7 Å². The van der Waals surface area contributed by atoms with Crippen LogP contribution in [0.2, 0.25) is 0 Å². The Morgan fingerprint density at radius 2 is 1.84 bits per heavy atom. The van der Waals surface area contributed by atoms with Crippen LogP contribution in [-0.2, 0) is 26.0 Å². The molecule has 0 radical (unpaired) electrons. The van der Waals surface area contributed by atoms with Gasteiger partial charge in [-0.1, -0.05) is 63.6 Å². The van der Waals surface area contributed by atoms with Crippen LogP contribution < -0.4 is 4.72 Å². The number of hydrogen-bond acceptors (Lipinski definition) is 5. The Kier molecular flexibility index (Phi) is 7.17. The molecule has 0 amide bonds. The fraction of sp³-hybridized carbons (Fsp3) is 0.763. The lowest BCUT2D eigenvalue weighted by molar-refractivity contribution is -0.148. The summed E-state index contributed by atoms with van der Waals surface area (Å²) in [6.45, 7) is 12.1. The van der Waals surface area contributed by atoms with Crippen LogP contribution in [0.4, 0.5) is 0 Å². The summed E-state index contributed by atoms with van der Waals surface area (Å²) in [4.78, 5) is 15.0. The highest BCUT2D eigenvalue weighted by Gasteiger charge is 2.84. The molecule has 2 saturated heterocycles. The largest absolute Gasteiger partial charge is 0.369 e. The van der Waals surface area contributed by atoms with Crippen LogP contribution in [0.1, 0.15) is 91.0 Å². The van der Waals surface area contributed by atoms with Gasteiger partial charge < -0.3 is 4.74 Å². The molecule has 246 valence electrons. The van der Waals surface area contributed by atoms with Gasteiger partial charge in [0.2, 0.25) is 10.0 Å². The van der Waals surface area contributed by atoms with Crippen molar-refractivity contribution in [2.24, 2.45) is 45.8 Å². The molecule has 11 atom stereocenters. The molecule has 1 N–H and O–H groups in total. The molecule has 1 aromatic carbocycles. The molecule has 2 aliphatic heterocycles. The molecular formula is C38H54N2O4S. The van der Waals surface area contributed by atoms with E-state index in [0.29, 0.717) is 48.0 Å². The number of benzene rings is 1. The van der Waals surface area contributed by atoms with Crippen LogP contribution in [0.25, 0.3) is 0 Å². The Balaban J connectivity index is 0.982. The first kappa shape index (κ1) is 30.8. The molecule has 7 heteroatoms. The number of aryl methyl sites for hydroxylation is 1. The van der Waals surface area contributed by atoms with Gasteiger partial charge in [-0.25, -0.2) is 13.1 Å². The van der Waals surface area contributed by atoms with Crippen molar-refractivity contribution in [3.63, 3.8) is 0 Å². The van der Waals surface area contributed by atoms with Gasteiger partial charge in [-0.3, -0.25) is 9.69 Å². The van der Waals surface area contributed by atoms with Gasteiger partial charge in [-0.2, -0.15) is 0 Å². The molecule has 8 rings (SSSR count). The molecule has 4 saturated carbocycles. The average molecular weight is 635 g/mol. The smallest absolute Gasteiger partial charge is 0.211 e. The molecule has 1 aromatic rings. The van der Waals surface area contributed by atoms with E-state index in [4.69, 9.17) is 4.74 Å². The van der Waals surface area contributed by atoms with Crippen LogP contribution in [0, 0.1) is 45.8 Å². The van der Waals surface area contributed by atoms with Crippen molar-refractivity contribution < 1.29 is 17.9 Å². The number of likely N-dealkylation sites (tertiary alicyclic amines) is 1. The second-order valence-electron chi connectivity index (χ2n) is 17.0. The van der Waals surface area contributed by atoms with Crippen LogP contribution in [0.5, 0.6) is 0 Å². The zero-order chi connectivity index (χ0) is 31.4. The maximum atomic E-state index is 12.9. The minimum absolute atomic E-state index is 0.0913. The van der Waals surface area contributed by atoms with E-state index < -0.39 is 10.0 Å². The zero-order valence-electron chi connectivity index (χ0n) is 27.9. The van der Waals surface area contributed by atoms with Crippen molar-refractivity contribution in [1.29, 1.82) is 0 Å². The van der Waals surface area contributed by atoms with E-state index in [9.17, 15) is 13.2 Å². The maximum absolute atomic E-state index is 12.9. The number of rotatable bonds is 7. The minimum atomic E-state index is -3.34. The molecule has 0 aromatic heterocycles. The first-order chi connectivity index (χ1) is 21.4. The number of fused-ring (bicyclic) bond motifs is 6. The molecule has 5 aliphatic carbocycles. The number of hydrogen-bond donors (Lipinski definition) is 1. The van der Waals surface area contributed by atoms with Gasteiger partial charge in [0.05, 0.1) is 17.5 Å². The average Bonchev–Trinajstić information content (AvgIpc) is 3.35. The third-order valence-electron chi connectivity index (χ3n) is 15.1. The lowest BCUT2D eigenvalue weighted by atomic mass is 9.56. The lowest BCUT2D eigenvalue weighted by Gasteiger charge is -2.50. The van der Waals surface area contributed by atoms with Crippen LogP contribution in [0.15, 0.2) is 42.0 Å². The van der Waals surface area contributed by atoms with Gasteiger partial charge in [0.15, 0.2) is 5.78 Å². The first-order valence-electron chi connectivity index (χ1n) is 18.1. The molecule has 6 fully saturated rings. The molecule has 7 aliphatic rings. The molecule has 45 heavy (non-hydrogen) atoms. The van der Waals surface area contributed by atoms with E-state index in [1.54, 1.807) is 0 Å². The van der Waals surface area contributed by atoms with Crippen molar-refractivity contribution in [2.75, 3.05) is 25.4 Å². The van der Waals surface area contributed by atoms with Crippen molar-refractivity contribution in [1.82, 2.24) is 9.62 Å². The number of carbonyl (C=O) groups is 1. The second kappa shape index (κ2) is 10.5. The molecular weight excluding hydrogens is 580 g/mol. The highest BCUT2D eigenvalue weighted by Crippen LogP contribution is 2.87. The fourth-order valence-corrected chi connectivity index (χ4v) is 14.0. The van der Waals surface area contributed by atoms with E-state index >= 15 is 0 Å². The third kappa shape index (κ3) is 4.49. The maximum Gasteiger partial charge on any atom is 0.211 e. The normalized spacial score (nSPS) is 47.0. The molecule has 2 heterocycles. The van der Waals surface area contributed by atoms with E-state index in [1.165, 1.54) is 37.7 Å². The number of allylic oxidation sites excluding steroid dienone is 2. The van der Waals surface area contributed by atoms with Crippen LogP contribution in [-0.4, -0.2) is 62.2 Å². The predicted octanol–water partition coefficient (Wildman–Crippen LogP) is 6.16. The van der Waals surface area contributed by atoms with E-state index in [2.05, 4.69) is 37.3 Å². The Morgan fingerprint density at radius 3 is 2.64 bits per heavy atom. The van der Waals surface area contributed by atoms with Gasteiger partial charge in [-0.15, -0.1) is 0 Å². The molecule has 0 bridgehead atoms. The summed E-state index contributed by atoms with van der Waals surface area (Å²) in [5, 5.41) is 0. The lowest BCUT2D eigenvalue weighted by Crippen LogP contribution is -2.55. The molecule has 2 spiro atoms. The van der Waals surface area contributed by atoms with E-state index in [1.807, 2.05) is 36.4 Å². The standard InChI is InChI=1S/C38H54N2O4S/c1-25-20-33-34(40(23-25)18-17-39-45(42,43)19-14-27-8-6-5-7-9-27)26(2)38(44-33)16-13-31-30-11-10-28-21-29(41)12-15-35(28,3)32(30)22-37(31)24-36(37,38)4/h5-9,21,25-26,30-34,39H,10-20,22-24H2,1-4H3/t25-,26+,30-,31?,32-,33+,34-,35-,36?,37?,38+/m0/s1. The highest BCUT2D eigenvalue weighted by molar-refractivity contribution is 7.89. The third-order valence-corrected chi connectivity index (χ3v) is 16.5. The van der Waals surface area contributed by atoms with Crippen molar-refractivity contribution in [3.05, 3.63) is 47.5 Å². The monoisotopic (exact) mass is 634 g/mol. The Hall–Kier alpha value is -1.54. The van der Waals surface area contributed by atoms with E-state index in [-0.39, 0.29) is 28.3 Å². The quantitative estimate of drug-likeness (QED) is 0.389. The first-order valence-corrected chi connectivity index (χ1v) is 19.7. The molecule has 6 nitrogen and oxygen atoms in total. The van der Waals surface area contributed by atoms with E-state index in [0.717, 1.165) is 56.2 Å². The minimum Gasteiger partial charge on any atom is -0.369 e. The number of carbonyl (C=O) groups excluding carboxylic acids is 1. The fourth-order valence-electron chi connectivity index (χ4n) is 12.9. The summed E-state index contributed by atoms with van der Waals surface area (Å²) in [5.41, 5.74) is 3.22. The van der Waals surface area contributed by atoms with Gasteiger partial charge in [-0.05, 0) is 104 Å². The summed E-state index contributed by atoms with van der Waals surface area (Å²) in [6, 6.07) is 10.2. The van der Waals surface area contributed by atoms with Crippen molar-refractivity contribution in [3.8, 4) is 0 Å². The van der Waals surface area contributed by atoms with Gasteiger partial charge in [0.25, 0.3) is 0 Å². The SMILES string of the molecule is C[C@H]1C[C@H]2O[C@]3(CCC4[C@@H]5CCC6=CC(=O)CC[C@]6(C)[C@H]5CC45CC53C)[C@H](C)[C@@H]2N(CCNS(=O)(=O)CCc2ccccc2)C1. The number of nitrogens with zero attached hydrogens (tertiary/aromatic N) is 1. The van der Waals surface area contributed by atoms with Gasteiger partial charge in [0.1, 0.15) is 0 Å². The number of ether oxygens (including phenoxy) is 1. The van der Waals surface area contributed by atoms with Crippen molar-refractivity contribution in [2.45, 2.75) is 110 Å². The summed E-state index contributed by atoms with van der Waals surface area (Å²) in [7, 11) is -3.34. The highest BCUT2D eigenvalue weighted by atomic mass is 32.2. The Bertz CT molecular complexity index is 1490. The molecule has 3 unspecified atom stereocenters. The number of nitrogens with one attached hydrogen (secondary N) is 1.